The number of rotatable bonds is 7. The molecular formula is C21H23ClN4O5S. The third-order valence-corrected chi connectivity index (χ3v) is 7.11. The predicted molar refractivity (Wildman–Crippen MR) is 124 cm³/mol. The summed E-state index contributed by atoms with van der Waals surface area (Å²) in [5.41, 5.74) is 0.768. The lowest BCUT2D eigenvalue weighted by molar-refractivity contribution is -0.384. The van der Waals surface area contributed by atoms with E-state index < -0.39 is 21.0 Å². The number of hydrogen-bond donors (Lipinski definition) is 1. The van der Waals surface area contributed by atoms with E-state index in [0.29, 0.717) is 13.1 Å². The molecule has 0 bridgehead atoms. The zero-order valence-electron chi connectivity index (χ0n) is 17.3. The Bertz CT molecular complexity index is 1120. The third-order valence-electron chi connectivity index (χ3n) is 5.21. The van der Waals surface area contributed by atoms with Gasteiger partial charge in [-0.3, -0.25) is 19.8 Å². The SMILES string of the molecule is C[C@H](C(=O)Nc1cc([N+](=O)[O-])ccc1Cl)N1CCN(S(=O)(=O)/C=C/c2ccccc2)CC1. The Morgan fingerprint density at radius 2 is 1.81 bits per heavy atom. The monoisotopic (exact) mass is 478 g/mol. The van der Waals surface area contributed by atoms with Crippen LogP contribution in [0.4, 0.5) is 11.4 Å². The van der Waals surface area contributed by atoms with Crippen LogP contribution < -0.4 is 5.32 Å². The molecule has 1 N–H and O–H groups in total. The summed E-state index contributed by atoms with van der Waals surface area (Å²) in [7, 11) is -3.57. The van der Waals surface area contributed by atoms with Crippen molar-refractivity contribution in [2.75, 3.05) is 31.5 Å². The number of non-ortho nitro benzene ring substituents is 1. The zero-order chi connectivity index (χ0) is 23.3. The molecule has 1 fully saturated rings. The van der Waals surface area contributed by atoms with Gasteiger partial charge in [-0.05, 0) is 24.6 Å². The fourth-order valence-electron chi connectivity index (χ4n) is 3.29. The lowest BCUT2D eigenvalue weighted by Crippen LogP contribution is -2.53. The Morgan fingerprint density at radius 3 is 2.44 bits per heavy atom. The van der Waals surface area contributed by atoms with Crippen molar-refractivity contribution in [2.45, 2.75) is 13.0 Å². The standard InChI is InChI=1S/C21H23ClN4O5S/c1-16(21(27)23-20-15-18(26(28)29)7-8-19(20)22)24-10-12-25(13-11-24)32(30,31)14-9-17-5-3-2-4-6-17/h2-9,14-16H,10-13H2,1H3,(H,23,27)/b14-9+/t16-/m1/s1. The summed E-state index contributed by atoms with van der Waals surface area (Å²) in [6, 6.07) is 12.4. The van der Waals surface area contributed by atoms with Crippen LogP contribution in [0.5, 0.6) is 0 Å². The second kappa shape index (κ2) is 10.2. The van der Waals surface area contributed by atoms with Crippen LogP contribution in [0.1, 0.15) is 12.5 Å². The first-order valence-corrected chi connectivity index (χ1v) is 11.8. The molecule has 9 nitrogen and oxygen atoms in total. The van der Waals surface area contributed by atoms with Crippen LogP contribution in [0, 0.1) is 10.1 Å². The molecular weight excluding hydrogens is 456 g/mol. The molecule has 0 saturated carbocycles. The van der Waals surface area contributed by atoms with Gasteiger partial charge in [-0.25, -0.2) is 8.42 Å². The number of benzene rings is 2. The number of carbonyl (C=O) groups excluding carboxylic acids is 1. The molecule has 1 amide bonds. The van der Waals surface area contributed by atoms with Crippen molar-refractivity contribution in [3.63, 3.8) is 0 Å². The number of amides is 1. The van der Waals surface area contributed by atoms with Crippen molar-refractivity contribution < 1.29 is 18.1 Å². The second-order valence-electron chi connectivity index (χ2n) is 7.28. The maximum Gasteiger partial charge on any atom is 0.271 e. The number of nitrogens with zero attached hydrogens (tertiary/aromatic N) is 3. The van der Waals surface area contributed by atoms with E-state index in [4.69, 9.17) is 11.6 Å². The summed E-state index contributed by atoms with van der Waals surface area (Å²) >= 11 is 6.05. The summed E-state index contributed by atoms with van der Waals surface area (Å²) < 4.78 is 26.6. The van der Waals surface area contributed by atoms with E-state index in [1.807, 2.05) is 35.2 Å². The van der Waals surface area contributed by atoms with Crippen molar-refractivity contribution in [3.8, 4) is 0 Å². The van der Waals surface area contributed by atoms with Crippen LogP contribution in [0.25, 0.3) is 6.08 Å². The van der Waals surface area contributed by atoms with Crippen molar-refractivity contribution in [3.05, 3.63) is 74.6 Å². The highest BCUT2D eigenvalue weighted by atomic mass is 35.5. The fraction of sp³-hybridized carbons (Fsp3) is 0.286. The molecule has 1 atom stereocenters. The smallest absolute Gasteiger partial charge is 0.271 e. The van der Waals surface area contributed by atoms with Crippen molar-refractivity contribution in [1.29, 1.82) is 0 Å². The van der Waals surface area contributed by atoms with Gasteiger partial charge in [-0.15, -0.1) is 0 Å². The number of nitrogens with one attached hydrogen (secondary N) is 1. The Labute approximate surface area is 191 Å². The van der Waals surface area contributed by atoms with Crippen molar-refractivity contribution in [1.82, 2.24) is 9.21 Å². The van der Waals surface area contributed by atoms with E-state index >= 15 is 0 Å². The van der Waals surface area contributed by atoms with E-state index in [9.17, 15) is 23.3 Å². The van der Waals surface area contributed by atoms with E-state index in [0.717, 1.165) is 5.56 Å². The number of piperazine rings is 1. The van der Waals surface area contributed by atoms with Crippen LogP contribution >= 0.6 is 11.6 Å². The Hall–Kier alpha value is -2.79. The molecule has 3 rings (SSSR count). The van der Waals surface area contributed by atoms with Crippen LogP contribution in [0.15, 0.2) is 53.9 Å². The highest BCUT2D eigenvalue weighted by Gasteiger charge is 2.30. The predicted octanol–water partition coefficient (Wildman–Crippen LogP) is 3.19. The van der Waals surface area contributed by atoms with E-state index in [1.165, 1.54) is 27.9 Å². The quantitative estimate of drug-likeness (QED) is 0.483. The molecule has 11 heteroatoms. The number of anilines is 1. The van der Waals surface area contributed by atoms with Gasteiger partial charge in [-0.1, -0.05) is 41.9 Å². The Kier molecular flexibility index (Phi) is 7.62. The normalized spacial score (nSPS) is 16.7. The molecule has 1 aliphatic heterocycles. The van der Waals surface area contributed by atoms with Crippen LogP contribution in [-0.4, -0.2) is 60.7 Å². The zero-order valence-corrected chi connectivity index (χ0v) is 18.9. The fourth-order valence-corrected chi connectivity index (χ4v) is 4.62. The molecule has 0 radical (unpaired) electrons. The molecule has 1 saturated heterocycles. The maximum atomic E-state index is 12.7. The summed E-state index contributed by atoms with van der Waals surface area (Å²) in [5, 5.41) is 15.0. The molecule has 2 aromatic carbocycles. The maximum absolute atomic E-state index is 12.7. The van der Waals surface area contributed by atoms with Gasteiger partial charge in [0.2, 0.25) is 15.9 Å². The molecule has 1 heterocycles. The third kappa shape index (κ3) is 5.92. The number of carbonyl (C=O) groups is 1. The molecule has 0 unspecified atom stereocenters. The number of nitro benzene ring substituents is 1. The first-order valence-electron chi connectivity index (χ1n) is 9.89. The van der Waals surface area contributed by atoms with E-state index in [1.54, 1.807) is 13.0 Å². The minimum atomic E-state index is -3.57. The van der Waals surface area contributed by atoms with Crippen LogP contribution in [-0.2, 0) is 14.8 Å². The number of halogens is 1. The van der Waals surface area contributed by atoms with Crippen molar-refractivity contribution >= 4 is 45.0 Å². The highest BCUT2D eigenvalue weighted by molar-refractivity contribution is 7.92. The number of hydrogen-bond acceptors (Lipinski definition) is 6. The Morgan fingerprint density at radius 1 is 1.16 bits per heavy atom. The molecule has 0 aliphatic carbocycles. The lowest BCUT2D eigenvalue weighted by Gasteiger charge is -2.36. The van der Waals surface area contributed by atoms with Gasteiger partial charge in [0.25, 0.3) is 5.69 Å². The van der Waals surface area contributed by atoms with E-state index in [-0.39, 0.29) is 35.4 Å². The largest absolute Gasteiger partial charge is 0.323 e. The Balaban J connectivity index is 1.58. The number of sulfonamides is 1. The first-order chi connectivity index (χ1) is 15.2. The summed E-state index contributed by atoms with van der Waals surface area (Å²) in [6.45, 7) is 2.93. The highest BCUT2D eigenvalue weighted by Crippen LogP contribution is 2.27. The van der Waals surface area contributed by atoms with Crippen LogP contribution in [0.3, 0.4) is 0 Å². The molecule has 170 valence electrons. The van der Waals surface area contributed by atoms with Crippen LogP contribution in [0.2, 0.25) is 5.02 Å². The first kappa shape index (κ1) is 23.9. The summed E-state index contributed by atoms with van der Waals surface area (Å²) in [5.74, 6) is -0.382. The van der Waals surface area contributed by atoms with E-state index in [2.05, 4.69) is 5.32 Å². The van der Waals surface area contributed by atoms with Gasteiger partial charge < -0.3 is 5.32 Å². The molecule has 0 spiro atoms. The second-order valence-corrected chi connectivity index (χ2v) is 9.51. The molecule has 1 aliphatic rings. The average molecular weight is 479 g/mol. The van der Waals surface area contributed by atoms with Gasteiger partial charge in [0.15, 0.2) is 0 Å². The van der Waals surface area contributed by atoms with Gasteiger partial charge in [0.1, 0.15) is 0 Å². The summed E-state index contributed by atoms with van der Waals surface area (Å²) in [4.78, 5) is 24.9. The molecule has 0 aromatic heterocycles. The minimum Gasteiger partial charge on any atom is -0.323 e. The van der Waals surface area contributed by atoms with Gasteiger partial charge in [0, 0.05) is 43.7 Å². The van der Waals surface area contributed by atoms with Gasteiger partial charge in [0.05, 0.1) is 21.7 Å². The topological polar surface area (TPSA) is 113 Å². The van der Waals surface area contributed by atoms with Gasteiger partial charge in [-0.2, -0.15) is 4.31 Å². The molecule has 32 heavy (non-hydrogen) atoms. The van der Waals surface area contributed by atoms with Crippen molar-refractivity contribution in [2.24, 2.45) is 0 Å². The molecule has 2 aromatic rings. The summed E-state index contributed by atoms with van der Waals surface area (Å²) in [6.07, 6.45) is 1.56. The average Bonchev–Trinajstić information content (AvgIpc) is 2.79. The minimum absolute atomic E-state index is 0.157. The van der Waals surface area contributed by atoms with Gasteiger partial charge >= 0.3 is 0 Å². The number of nitro groups is 1. The lowest BCUT2D eigenvalue weighted by atomic mass is 10.2.